The van der Waals surface area contributed by atoms with Gasteiger partial charge in [-0.3, -0.25) is 9.59 Å². The summed E-state index contributed by atoms with van der Waals surface area (Å²) in [5.41, 5.74) is 1.27. The average molecular weight is 468 g/mol. The highest BCUT2D eigenvalue weighted by atomic mass is 19.1. The maximum absolute atomic E-state index is 13.3. The number of ether oxygens (including phenoxy) is 1. The molecule has 0 saturated carbocycles. The topological polar surface area (TPSA) is 53.1 Å². The monoisotopic (exact) mass is 467 g/mol. The van der Waals surface area contributed by atoms with Crippen molar-refractivity contribution in [3.8, 4) is 5.75 Å². The van der Waals surface area contributed by atoms with Crippen LogP contribution in [-0.4, -0.2) is 79.4 Å². The minimum absolute atomic E-state index is 0.0158. The molecule has 0 bridgehead atoms. The Morgan fingerprint density at radius 2 is 1.62 bits per heavy atom. The lowest BCUT2D eigenvalue weighted by molar-refractivity contribution is -0.137. The Balaban J connectivity index is 1.51. The lowest BCUT2D eigenvalue weighted by Gasteiger charge is -2.43. The number of amides is 2. The van der Waals surface area contributed by atoms with E-state index in [4.69, 9.17) is 4.74 Å². The van der Waals surface area contributed by atoms with Gasteiger partial charge in [-0.25, -0.2) is 4.39 Å². The Bertz CT molecular complexity index is 987. The van der Waals surface area contributed by atoms with E-state index in [0.717, 1.165) is 44.6 Å². The van der Waals surface area contributed by atoms with E-state index in [0.29, 0.717) is 37.4 Å². The number of hydrogen-bond acceptors (Lipinski definition) is 4. The van der Waals surface area contributed by atoms with Gasteiger partial charge in [0.2, 0.25) is 5.91 Å². The number of piperazine rings is 1. The smallest absolute Gasteiger partial charge is 0.253 e. The summed E-state index contributed by atoms with van der Waals surface area (Å²) in [4.78, 5) is 32.6. The van der Waals surface area contributed by atoms with E-state index in [1.165, 1.54) is 12.1 Å². The first-order valence-electron chi connectivity index (χ1n) is 12.0. The Morgan fingerprint density at radius 1 is 0.941 bits per heavy atom. The zero-order chi connectivity index (χ0) is 24.1. The molecule has 34 heavy (non-hydrogen) atoms. The van der Waals surface area contributed by atoms with E-state index in [1.807, 2.05) is 41.0 Å². The fourth-order valence-corrected chi connectivity index (χ4v) is 4.83. The molecule has 2 amide bonds. The molecule has 2 heterocycles. The Labute approximate surface area is 201 Å². The average Bonchev–Trinajstić information content (AvgIpc) is 2.84. The Morgan fingerprint density at radius 3 is 2.29 bits per heavy atom. The summed E-state index contributed by atoms with van der Waals surface area (Å²) < 4.78 is 19.4. The van der Waals surface area contributed by atoms with Crippen molar-refractivity contribution in [3.63, 3.8) is 0 Å². The molecule has 2 saturated heterocycles. The number of likely N-dealkylation sites (tertiary alicyclic amines) is 1. The summed E-state index contributed by atoms with van der Waals surface area (Å²) in [7, 11) is 2.07. The third-order valence-corrected chi connectivity index (χ3v) is 6.99. The van der Waals surface area contributed by atoms with Gasteiger partial charge >= 0.3 is 0 Å². The predicted molar refractivity (Wildman–Crippen MR) is 129 cm³/mol. The quantitative estimate of drug-likeness (QED) is 0.652. The van der Waals surface area contributed by atoms with Crippen molar-refractivity contribution in [1.29, 1.82) is 0 Å². The van der Waals surface area contributed by atoms with E-state index < -0.39 is 5.41 Å². The SMILES string of the molecule is Cc1ccc(C(=O)N2CCCC(COc3ccc(F)cc3)(CC(=O)N3CCN(C)CC3)C2)cc1. The summed E-state index contributed by atoms with van der Waals surface area (Å²) in [5, 5.41) is 0. The molecule has 1 atom stereocenters. The summed E-state index contributed by atoms with van der Waals surface area (Å²) in [6, 6.07) is 13.5. The second-order valence-electron chi connectivity index (χ2n) is 9.80. The highest BCUT2D eigenvalue weighted by Gasteiger charge is 2.41. The third kappa shape index (κ3) is 5.95. The number of carbonyl (C=O) groups excluding carboxylic acids is 2. The van der Waals surface area contributed by atoms with Crippen LogP contribution in [0.25, 0.3) is 0 Å². The minimum atomic E-state index is -0.493. The normalized spacial score (nSPS) is 21.4. The number of aryl methyl sites for hydroxylation is 1. The lowest BCUT2D eigenvalue weighted by Crippen LogP contribution is -2.53. The zero-order valence-corrected chi connectivity index (χ0v) is 20.1. The maximum Gasteiger partial charge on any atom is 0.253 e. The van der Waals surface area contributed by atoms with Crippen LogP contribution in [0, 0.1) is 18.2 Å². The molecule has 0 aromatic heterocycles. The van der Waals surface area contributed by atoms with Crippen LogP contribution in [-0.2, 0) is 4.79 Å². The van der Waals surface area contributed by atoms with Gasteiger partial charge in [-0.1, -0.05) is 17.7 Å². The van der Waals surface area contributed by atoms with Crippen molar-refractivity contribution in [1.82, 2.24) is 14.7 Å². The molecule has 7 heteroatoms. The van der Waals surface area contributed by atoms with Gasteiger partial charge in [-0.15, -0.1) is 0 Å². The van der Waals surface area contributed by atoms with Crippen LogP contribution in [0.1, 0.15) is 35.2 Å². The van der Waals surface area contributed by atoms with Gasteiger partial charge in [0.1, 0.15) is 11.6 Å². The molecule has 2 aliphatic rings. The first-order valence-corrected chi connectivity index (χ1v) is 12.0. The molecule has 182 valence electrons. The van der Waals surface area contributed by atoms with Gasteiger partial charge in [-0.2, -0.15) is 0 Å². The van der Waals surface area contributed by atoms with Gasteiger partial charge in [-0.05, 0) is 63.2 Å². The summed E-state index contributed by atoms with van der Waals surface area (Å²) in [5.74, 6) is 0.341. The number of rotatable bonds is 6. The molecule has 4 rings (SSSR count). The number of halogens is 1. The highest BCUT2D eigenvalue weighted by molar-refractivity contribution is 5.94. The number of benzene rings is 2. The molecule has 2 aliphatic heterocycles. The molecule has 0 aliphatic carbocycles. The molecular formula is C27H34FN3O3. The van der Waals surface area contributed by atoms with Crippen LogP contribution >= 0.6 is 0 Å². The van der Waals surface area contributed by atoms with E-state index in [-0.39, 0.29) is 17.6 Å². The van der Waals surface area contributed by atoms with Crippen molar-refractivity contribution >= 4 is 11.8 Å². The molecule has 0 spiro atoms. The van der Waals surface area contributed by atoms with E-state index >= 15 is 0 Å². The standard InChI is InChI=1S/C27H34FN3O3/c1-21-4-6-22(7-5-21)26(33)31-13-3-12-27(19-31,20-34-24-10-8-23(28)9-11-24)18-25(32)30-16-14-29(2)15-17-30/h4-11H,3,12-20H2,1-2H3. The van der Waals surface area contributed by atoms with Crippen molar-refractivity contribution in [3.05, 3.63) is 65.5 Å². The first kappa shape index (κ1) is 24.2. The van der Waals surface area contributed by atoms with Crippen LogP contribution in [0.5, 0.6) is 5.75 Å². The molecule has 1 unspecified atom stereocenters. The summed E-state index contributed by atoms with van der Waals surface area (Å²) >= 11 is 0. The van der Waals surface area contributed by atoms with Gasteiger partial charge in [0.15, 0.2) is 0 Å². The maximum atomic E-state index is 13.3. The van der Waals surface area contributed by atoms with Gasteiger partial charge in [0.05, 0.1) is 6.61 Å². The van der Waals surface area contributed by atoms with Crippen molar-refractivity contribution in [2.24, 2.45) is 5.41 Å². The largest absolute Gasteiger partial charge is 0.493 e. The van der Waals surface area contributed by atoms with E-state index in [2.05, 4.69) is 11.9 Å². The van der Waals surface area contributed by atoms with E-state index in [1.54, 1.807) is 12.1 Å². The van der Waals surface area contributed by atoms with Gasteiger partial charge in [0.25, 0.3) is 5.91 Å². The molecule has 2 aromatic carbocycles. The van der Waals surface area contributed by atoms with Crippen LogP contribution < -0.4 is 4.74 Å². The second-order valence-corrected chi connectivity index (χ2v) is 9.80. The zero-order valence-electron chi connectivity index (χ0n) is 20.1. The fourth-order valence-electron chi connectivity index (χ4n) is 4.83. The number of likely N-dealkylation sites (N-methyl/N-ethyl adjacent to an activating group) is 1. The molecule has 0 radical (unpaired) electrons. The van der Waals surface area contributed by atoms with Crippen molar-refractivity contribution in [2.45, 2.75) is 26.2 Å². The summed E-state index contributed by atoms with van der Waals surface area (Å²) in [6.45, 7) is 6.58. The molecule has 6 nitrogen and oxygen atoms in total. The Kier molecular flexibility index (Phi) is 7.51. The van der Waals surface area contributed by atoms with Crippen LogP contribution in [0.15, 0.2) is 48.5 Å². The molecule has 0 N–H and O–H groups in total. The van der Waals surface area contributed by atoms with Crippen LogP contribution in [0.4, 0.5) is 4.39 Å². The number of nitrogens with zero attached hydrogens (tertiary/aromatic N) is 3. The molecule has 2 aromatic rings. The van der Waals surface area contributed by atoms with Crippen LogP contribution in [0.2, 0.25) is 0 Å². The first-order chi connectivity index (χ1) is 16.3. The summed E-state index contributed by atoms with van der Waals surface area (Å²) in [6.07, 6.45) is 1.93. The molecule has 2 fully saturated rings. The minimum Gasteiger partial charge on any atom is -0.493 e. The number of hydrogen-bond donors (Lipinski definition) is 0. The van der Waals surface area contributed by atoms with Crippen molar-refractivity contribution < 1.29 is 18.7 Å². The Hall–Kier alpha value is -2.93. The second kappa shape index (κ2) is 10.6. The molecular weight excluding hydrogens is 433 g/mol. The highest BCUT2D eigenvalue weighted by Crippen LogP contribution is 2.36. The van der Waals surface area contributed by atoms with Crippen LogP contribution in [0.3, 0.4) is 0 Å². The van der Waals surface area contributed by atoms with Crippen molar-refractivity contribution in [2.75, 3.05) is 52.9 Å². The van der Waals surface area contributed by atoms with Gasteiger partial charge in [0, 0.05) is 56.7 Å². The number of piperidine rings is 1. The lowest BCUT2D eigenvalue weighted by atomic mass is 9.77. The fraction of sp³-hybridized carbons (Fsp3) is 0.481. The van der Waals surface area contributed by atoms with Gasteiger partial charge < -0.3 is 19.4 Å². The van der Waals surface area contributed by atoms with E-state index in [9.17, 15) is 14.0 Å². The number of carbonyl (C=O) groups is 2. The predicted octanol–water partition coefficient (Wildman–Crippen LogP) is 3.60. The third-order valence-electron chi connectivity index (χ3n) is 6.99.